The zero-order valence-electron chi connectivity index (χ0n) is 18.2. The number of hydrogen-bond donors (Lipinski definition) is 1. The standard InChI is InChI=1S/C28H31FNO/c1-22-9-8-10-23(26(22)29)21-30-18-15-27(16-19-30,17-20-30)28(31,24-11-4-2-5-12-24)25-13-6-3-7-14-25/h2-14,31H,15-21H2,1H3/q+1. The third-order valence-corrected chi connectivity index (χ3v) is 8.12. The molecule has 3 heteroatoms. The molecule has 6 rings (SSSR count). The van der Waals surface area contributed by atoms with Crippen molar-refractivity contribution in [2.75, 3.05) is 19.6 Å². The Morgan fingerprint density at radius 2 is 1.32 bits per heavy atom. The molecule has 0 spiro atoms. The Morgan fingerprint density at radius 1 is 0.806 bits per heavy atom. The highest BCUT2D eigenvalue weighted by atomic mass is 19.1. The molecular weight excluding hydrogens is 385 g/mol. The molecule has 0 saturated carbocycles. The molecule has 0 amide bonds. The summed E-state index contributed by atoms with van der Waals surface area (Å²) in [6.07, 6.45) is 2.84. The van der Waals surface area contributed by atoms with Crippen LogP contribution < -0.4 is 0 Å². The van der Waals surface area contributed by atoms with E-state index in [2.05, 4.69) is 24.3 Å². The van der Waals surface area contributed by atoms with Gasteiger partial charge in [0.1, 0.15) is 18.0 Å². The molecule has 2 bridgehead atoms. The summed E-state index contributed by atoms with van der Waals surface area (Å²) in [6.45, 7) is 5.54. The van der Waals surface area contributed by atoms with E-state index in [0.717, 1.165) is 72.2 Å². The number of fused-ring (bicyclic) bond motifs is 3. The fraction of sp³-hybridized carbons (Fsp3) is 0.357. The smallest absolute Gasteiger partial charge is 0.134 e. The molecule has 3 aliphatic rings. The molecule has 3 aromatic carbocycles. The van der Waals surface area contributed by atoms with E-state index in [1.807, 2.05) is 61.5 Å². The lowest BCUT2D eigenvalue weighted by Gasteiger charge is -2.60. The van der Waals surface area contributed by atoms with Crippen LogP contribution >= 0.6 is 0 Å². The van der Waals surface area contributed by atoms with Crippen molar-refractivity contribution in [3.63, 3.8) is 0 Å². The number of piperidine rings is 3. The lowest BCUT2D eigenvalue weighted by molar-refractivity contribution is -0.958. The Bertz CT molecular complexity index is 999. The molecule has 0 aliphatic carbocycles. The molecule has 3 aliphatic heterocycles. The molecule has 3 aromatic rings. The van der Waals surface area contributed by atoms with Gasteiger partial charge in [-0.05, 0) is 23.6 Å². The lowest BCUT2D eigenvalue weighted by Crippen LogP contribution is -2.66. The molecular formula is C28H31FNO+. The maximum atomic E-state index is 14.7. The van der Waals surface area contributed by atoms with E-state index >= 15 is 0 Å². The summed E-state index contributed by atoms with van der Waals surface area (Å²) in [6, 6.07) is 26.1. The minimum Gasteiger partial charge on any atom is -0.380 e. The van der Waals surface area contributed by atoms with Crippen molar-refractivity contribution in [1.29, 1.82) is 0 Å². The topological polar surface area (TPSA) is 20.2 Å². The summed E-state index contributed by atoms with van der Waals surface area (Å²) in [4.78, 5) is 0. The van der Waals surface area contributed by atoms with Gasteiger partial charge in [0, 0.05) is 30.2 Å². The van der Waals surface area contributed by atoms with Crippen LogP contribution in [0.3, 0.4) is 0 Å². The Balaban J connectivity index is 1.49. The van der Waals surface area contributed by atoms with Crippen molar-refractivity contribution < 1.29 is 14.0 Å². The fourth-order valence-corrected chi connectivity index (χ4v) is 6.17. The first-order chi connectivity index (χ1) is 15.0. The average molecular weight is 417 g/mol. The zero-order chi connectivity index (χ0) is 21.5. The van der Waals surface area contributed by atoms with Gasteiger partial charge in [0.05, 0.1) is 19.6 Å². The Morgan fingerprint density at radius 3 is 1.84 bits per heavy atom. The van der Waals surface area contributed by atoms with Crippen LogP contribution in [0.1, 0.15) is 41.5 Å². The predicted octanol–water partition coefficient (Wildman–Crippen LogP) is 5.57. The maximum absolute atomic E-state index is 14.7. The first-order valence-corrected chi connectivity index (χ1v) is 11.4. The summed E-state index contributed by atoms with van der Waals surface area (Å²) in [5, 5.41) is 12.4. The van der Waals surface area contributed by atoms with Gasteiger partial charge >= 0.3 is 0 Å². The largest absolute Gasteiger partial charge is 0.380 e. The monoisotopic (exact) mass is 416 g/mol. The highest BCUT2D eigenvalue weighted by molar-refractivity contribution is 5.39. The van der Waals surface area contributed by atoms with Crippen LogP contribution in [-0.2, 0) is 12.1 Å². The second kappa shape index (κ2) is 7.58. The van der Waals surface area contributed by atoms with Crippen molar-refractivity contribution in [3.05, 3.63) is 107 Å². The number of quaternary nitrogens is 1. The number of aliphatic hydroxyl groups is 1. The van der Waals surface area contributed by atoms with Crippen LogP contribution in [-0.4, -0.2) is 29.2 Å². The van der Waals surface area contributed by atoms with Gasteiger partial charge < -0.3 is 9.59 Å². The maximum Gasteiger partial charge on any atom is 0.134 e. The minimum atomic E-state index is -1.01. The van der Waals surface area contributed by atoms with Gasteiger partial charge in [-0.3, -0.25) is 0 Å². The van der Waals surface area contributed by atoms with Gasteiger partial charge in [0.25, 0.3) is 0 Å². The van der Waals surface area contributed by atoms with Crippen LogP contribution in [0.4, 0.5) is 4.39 Å². The third kappa shape index (κ3) is 3.22. The van der Waals surface area contributed by atoms with Crippen LogP contribution in [0.15, 0.2) is 78.9 Å². The van der Waals surface area contributed by atoms with Crippen molar-refractivity contribution >= 4 is 0 Å². The van der Waals surface area contributed by atoms with E-state index in [0.29, 0.717) is 0 Å². The van der Waals surface area contributed by atoms with Gasteiger partial charge in [-0.25, -0.2) is 4.39 Å². The Labute approximate surface area is 184 Å². The second-order valence-corrected chi connectivity index (χ2v) is 9.69. The van der Waals surface area contributed by atoms with Gasteiger partial charge in [-0.15, -0.1) is 0 Å². The highest BCUT2D eigenvalue weighted by Crippen LogP contribution is 2.57. The first-order valence-electron chi connectivity index (χ1n) is 11.4. The zero-order valence-corrected chi connectivity index (χ0v) is 18.2. The molecule has 3 saturated heterocycles. The molecule has 0 aromatic heterocycles. The number of halogens is 1. The minimum absolute atomic E-state index is 0.0533. The number of aryl methyl sites for hydroxylation is 1. The first kappa shape index (κ1) is 20.4. The van der Waals surface area contributed by atoms with Gasteiger partial charge in [-0.2, -0.15) is 0 Å². The number of benzene rings is 3. The van der Waals surface area contributed by atoms with E-state index in [1.165, 1.54) is 0 Å². The number of nitrogens with zero attached hydrogens (tertiary/aromatic N) is 1. The quantitative estimate of drug-likeness (QED) is 0.539. The van der Waals surface area contributed by atoms with Crippen molar-refractivity contribution in [3.8, 4) is 0 Å². The van der Waals surface area contributed by atoms with E-state index in [9.17, 15) is 9.50 Å². The molecule has 0 radical (unpaired) electrons. The molecule has 1 N–H and O–H groups in total. The lowest BCUT2D eigenvalue weighted by atomic mass is 9.56. The molecule has 0 unspecified atom stereocenters. The van der Waals surface area contributed by atoms with Crippen LogP contribution in [0.25, 0.3) is 0 Å². The predicted molar refractivity (Wildman–Crippen MR) is 122 cm³/mol. The van der Waals surface area contributed by atoms with E-state index in [4.69, 9.17) is 0 Å². The number of rotatable bonds is 5. The molecule has 2 nitrogen and oxygen atoms in total. The third-order valence-electron chi connectivity index (χ3n) is 8.12. The summed E-state index contributed by atoms with van der Waals surface area (Å²) in [5.74, 6) is -0.0533. The van der Waals surface area contributed by atoms with E-state index < -0.39 is 5.60 Å². The van der Waals surface area contributed by atoms with Gasteiger partial charge in [0.15, 0.2) is 0 Å². The molecule has 160 valence electrons. The summed E-state index contributed by atoms with van der Waals surface area (Å²) in [7, 11) is 0. The second-order valence-electron chi connectivity index (χ2n) is 9.69. The van der Waals surface area contributed by atoms with Crippen molar-refractivity contribution in [2.24, 2.45) is 5.41 Å². The molecule has 31 heavy (non-hydrogen) atoms. The normalized spacial score (nSPS) is 25.5. The van der Waals surface area contributed by atoms with E-state index in [-0.39, 0.29) is 11.2 Å². The summed E-state index contributed by atoms with van der Waals surface area (Å²) in [5.41, 5.74) is 2.31. The molecule has 3 fully saturated rings. The van der Waals surface area contributed by atoms with E-state index in [1.54, 1.807) is 0 Å². The fourth-order valence-electron chi connectivity index (χ4n) is 6.17. The SMILES string of the molecule is Cc1cccc(C[N+]23CCC(C(O)(c4ccccc4)c4ccccc4)(CC2)CC3)c1F. The van der Waals surface area contributed by atoms with Gasteiger partial charge in [0.2, 0.25) is 0 Å². The molecule has 3 heterocycles. The van der Waals surface area contributed by atoms with Gasteiger partial charge in [-0.1, -0.05) is 78.9 Å². The van der Waals surface area contributed by atoms with Crippen LogP contribution in [0.2, 0.25) is 0 Å². The molecule has 0 atom stereocenters. The summed E-state index contributed by atoms with van der Waals surface area (Å²) < 4.78 is 15.7. The number of hydrogen-bond acceptors (Lipinski definition) is 1. The highest BCUT2D eigenvalue weighted by Gasteiger charge is 2.60. The Kier molecular flexibility index (Phi) is 4.99. The van der Waals surface area contributed by atoms with Crippen LogP contribution in [0, 0.1) is 18.2 Å². The van der Waals surface area contributed by atoms with Crippen LogP contribution in [0.5, 0.6) is 0 Å². The Hall–Kier alpha value is -2.49. The average Bonchev–Trinajstić information content (AvgIpc) is 2.84. The summed E-state index contributed by atoms with van der Waals surface area (Å²) >= 11 is 0. The van der Waals surface area contributed by atoms with Crippen molar-refractivity contribution in [2.45, 2.75) is 38.3 Å². The van der Waals surface area contributed by atoms with Crippen molar-refractivity contribution in [1.82, 2.24) is 0 Å².